The molecule has 0 heterocycles. The number of benzene rings is 1. The second-order valence-corrected chi connectivity index (χ2v) is 3.57. The van der Waals surface area contributed by atoms with Gasteiger partial charge in [-0.25, -0.2) is 0 Å². The first-order chi connectivity index (χ1) is 5.77. The van der Waals surface area contributed by atoms with Gasteiger partial charge in [-0.15, -0.1) is 40.6 Å². The van der Waals surface area contributed by atoms with Gasteiger partial charge in [0, 0.05) is 0 Å². The van der Waals surface area contributed by atoms with Gasteiger partial charge in [0.25, 0.3) is 0 Å². The van der Waals surface area contributed by atoms with Crippen LogP contribution >= 0.6 is 0 Å². The largest absolute Gasteiger partial charge is 1.00 e. The van der Waals surface area contributed by atoms with Crippen molar-refractivity contribution in [3.8, 4) is 0 Å². The van der Waals surface area contributed by atoms with Crippen LogP contribution in [0.5, 0.6) is 0 Å². The summed E-state index contributed by atoms with van der Waals surface area (Å²) < 4.78 is 0. The van der Waals surface area contributed by atoms with Crippen molar-refractivity contribution in [2.45, 2.75) is 19.8 Å². The molecule has 0 atom stereocenters. The Balaban J connectivity index is 0.000000845. The molecular weight excluding hydrogens is 151 g/mol. The molecular formula is C12H13Li. The van der Waals surface area contributed by atoms with E-state index in [1.165, 1.54) is 16.3 Å². The summed E-state index contributed by atoms with van der Waals surface area (Å²) >= 11 is 0. The van der Waals surface area contributed by atoms with Crippen molar-refractivity contribution in [1.82, 2.24) is 0 Å². The number of hydrogen-bond donors (Lipinski definition) is 0. The van der Waals surface area contributed by atoms with E-state index in [1.54, 1.807) is 0 Å². The topological polar surface area (TPSA) is 0 Å². The summed E-state index contributed by atoms with van der Waals surface area (Å²) in [6.07, 6.45) is 0. The molecule has 0 saturated carbocycles. The fourth-order valence-corrected chi connectivity index (χ4v) is 1.51. The molecule has 0 aliphatic carbocycles. The van der Waals surface area contributed by atoms with Gasteiger partial charge in [-0.3, -0.25) is 0 Å². The van der Waals surface area contributed by atoms with Crippen molar-refractivity contribution in [1.29, 1.82) is 0 Å². The molecule has 0 fully saturated rings. The first-order valence-corrected chi connectivity index (χ1v) is 4.43. The average molecular weight is 164 g/mol. The van der Waals surface area contributed by atoms with Crippen LogP contribution in [0, 0.1) is 0 Å². The molecule has 0 radical (unpaired) electrons. The van der Waals surface area contributed by atoms with Gasteiger partial charge in [0.1, 0.15) is 0 Å². The zero-order chi connectivity index (χ0) is 8.55. The Morgan fingerprint density at radius 2 is 1.85 bits per heavy atom. The quantitative estimate of drug-likeness (QED) is 0.429. The molecule has 2 rings (SSSR count). The second-order valence-electron chi connectivity index (χ2n) is 3.57. The smallest absolute Gasteiger partial charge is 0.165 e. The van der Waals surface area contributed by atoms with Crippen molar-refractivity contribution < 1.29 is 18.9 Å². The first-order valence-electron chi connectivity index (χ1n) is 4.43. The van der Waals surface area contributed by atoms with E-state index in [2.05, 4.69) is 50.2 Å². The van der Waals surface area contributed by atoms with Gasteiger partial charge in [0.05, 0.1) is 0 Å². The van der Waals surface area contributed by atoms with E-state index >= 15 is 0 Å². The van der Waals surface area contributed by atoms with Gasteiger partial charge in [0.15, 0.2) is 0 Å². The Labute approximate surface area is 91.5 Å². The first kappa shape index (κ1) is 10.5. The van der Waals surface area contributed by atoms with Crippen LogP contribution in [0.2, 0.25) is 0 Å². The van der Waals surface area contributed by atoms with Crippen LogP contribution in [0.15, 0.2) is 36.4 Å². The van der Waals surface area contributed by atoms with E-state index in [-0.39, 0.29) is 18.9 Å². The van der Waals surface area contributed by atoms with Gasteiger partial charge in [-0.1, -0.05) is 19.9 Å². The van der Waals surface area contributed by atoms with Crippen molar-refractivity contribution in [3.63, 3.8) is 0 Å². The monoisotopic (exact) mass is 164 g/mol. The van der Waals surface area contributed by atoms with Crippen molar-refractivity contribution >= 4 is 10.8 Å². The maximum absolute atomic E-state index is 2.28. The summed E-state index contributed by atoms with van der Waals surface area (Å²) in [7, 11) is 0. The van der Waals surface area contributed by atoms with Crippen LogP contribution in [0.1, 0.15) is 25.3 Å². The van der Waals surface area contributed by atoms with Gasteiger partial charge < -0.3 is 0 Å². The van der Waals surface area contributed by atoms with Crippen LogP contribution in [0.3, 0.4) is 0 Å². The summed E-state index contributed by atoms with van der Waals surface area (Å²) in [5, 5.41) is 2.72. The van der Waals surface area contributed by atoms with Crippen molar-refractivity contribution in [2.75, 3.05) is 0 Å². The summed E-state index contributed by atoms with van der Waals surface area (Å²) in [5.41, 5.74) is 1.44. The predicted octanol–water partition coefficient (Wildman–Crippen LogP) is 0.686. The zero-order valence-corrected chi connectivity index (χ0v) is 8.54. The van der Waals surface area contributed by atoms with Gasteiger partial charge in [-0.05, 0) is 5.92 Å². The molecule has 1 heteroatoms. The number of fused-ring (bicyclic) bond motifs is 1. The predicted molar refractivity (Wildman–Crippen MR) is 53.6 cm³/mol. The van der Waals surface area contributed by atoms with E-state index in [1.807, 2.05) is 0 Å². The molecule has 0 unspecified atom stereocenters. The average Bonchev–Trinajstić information content (AvgIpc) is 2.46. The third kappa shape index (κ3) is 2.02. The molecule has 0 aliphatic rings. The van der Waals surface area contributed by atoms with Crippen LogP contribution in [0.25, 0.3) is 10.8 Å². The van der Waals surface area contributed by atoms with Gasteiger partial charge in [-0.2, -0.15) is 6.07 Å². The van der Waals surface area contributed by atoms with Crippen molar-refractivity contribution in [3.05, 3.63) is 42.0 Å². The van der Waals surface area contributed by atoms with E-state index in [9.17, 15) is 0 Å². The molecule has 0 saturated heterocycles. The van der Waals surface area contributed by atoms with Gasteiger partial charge in [0.2, 0.25) is 0 Å². The molecule has 0 bridgehead atoms. The zero-order valence-electron chi connectivity index (χ0n) is 8.54. The number of rotatable bonds is 1. The van der Waals surface area contributed by atoms with E-state index in [0.29, 0.717) is 5.92 Å². The minimum absolute atomic E-state index is 0. The molecule has 0 N–H and O–H groups in total. The van der Waals surface area contributed by atoms with Crippen LogP contribution in [0.4, 0.5) is 0 Å². The minimum atomic E-state index is 0. The van der Waals surface area contributed by atoms with Crippen LogP contribution < -0.4 is 18.9 Å². The molecule has 13 heavy (non-hydrogen) atoms. The van der Waals surface area contributed by atoms with E-state index in [0.717, 1.165) is 0 Å². The second kappa shape index (κ2) is 4.09. The minimum Gasteiger partial charge on any atom is -0.165 e. The molecule has 0 aliphatic heterocycles. The Morgan fingerprint density at radius 1 is 1.15 bits per heavy atom. The third-order valence-corrected chi connectivity index (χ3v) is 2.31. The fraction of sp³-hybridized carbons (Fsp3) is 0.250. The maximum Gasteiger partial charge on any atom is 1.00 e. The summed E-state index contributed by atoms with van der Waals surface area (Å²) in [6.45, 7) is 4.46. The molecule has 0 amide bonds. The van der Waals surface area contributed by atoms with Crippen LogP contribution in [-0.2, 0) is 0 Å². The summed E-state index contributed by atoms with van der Waals surface area (Å²) in [6, 6.07) is 13.1. The molecule has 0 aromatic heterocycles. The molecule has 62 valence electrons. The Morgan fingerprint density at radius 3 is 2.46 bits per heavy atom. The standard InChI is InChI=1S/C12H13.Li/c1-9(2)12-7-10-5-3-4-6-11(10)8-12;/h3-9H,1-2H3;/q-1;+1. The molecule has 2 aromatic rings. The van der Waals surface area contributed by atoms with E-state index in [4.69, 9.17) is 0 Å². The molecule has 0 nitrogen and oxygen atoms in total. The SMILES string of the molecule is CC(C)c1cc2ccccc2[cH-]1.[Li+]. The number of hydrogen-bond acceptors (Lipinski definition) is 0. The molecule has 0 spiro atoms. The Kier molecular flexibility index (Phi) is 3.31. The normalized spacial score (nSPS) is 10.4. The summed E-state index contributed by atoms with van der Waals surface area (Å²) in [4.78, 5) is 0. The Bertz CT molecular complexity index is 352. The fourth-order valence-electron chi connectivity index (χ4n) is 1.51. The van der Waals surface area contributed by atoms with E-state index < -0.39 is 0 Å². The summed E-state index contributed by atoms with van der Waals surface area (Å²) in [5.74, 6) is 0.636. The Hall–Kier alpha value is -0.573. The third-order valence-electron chi connectivity index (χ3n) is 2.31. The van der Waals surface area contributed by atoms with Gasteiger partial charge >= 0.3 is 18.9 Å². The van der Waals surface area contributed by atoms with Crippen LogP contribution in [-0.4, -0.2) is 0 Å². The van der Waals surface area contributed by atoms with Crippen molar-refractivity contribution in [2.24, 2.45) is 0 Å². The molecule has 2 aromatic carbocycles. The maximum atomic E-state index is 2.28.